The molecule has 1 aromatic carbocycles. The molecule has 0 bridgehead atoms. The molecule has 88 valence electrons. The highest BCUT2D eigenvalue weighted by Crippen LogP contribution is 2.22. The van der Waals surface area contributed by atoms with E-state index in [1.54, 1.807) is 12.1 Å². The Kier molecular flexibility index (Phi) is 5.25. The number of halogens is 2. The largest absolute Gasteiger partial charge is 0.490 e. The van der Waals surface area contributed by atoms with Gasteiger partial charge in [-0.15, -0.1) is 0 Å². The molecule has 3 nitrogen and oxygen atoms in total. The summed E-state index contributed by atoms with van der Waals surface area (Å²) in [5.41, 5.74) is 0. The average Bonchev–Trinajstić information content (AvgIpc) is 2.22. The molecule has 0 aliphatic heterocycles. The van der Waals surface area contributed by atoms with Crippen molar-refractivity contribution in [2.75, 3.05) is 6.61 Å². The zero-order chi connectivity index (χ0) is 12.0. The van der Waals surface area contributed by atoms with Gasteiger partial charge in [-0.25, -0.2) is 4.39 Å². The van der Waals surface area contributed by atoms with Crippen molar-refractivity contribution in [1.82, 2.24) is 0 Å². The Morgan fingerprint density at radius 1 is 1.44 bits per heavy atom. The Hall–Kier alpha value is -1.10. The predicted molar refractivity (Wildman–Crippen MR) is 61.1 cm³/mol. The topological polar surface area (TPSA) is 46.5 Å². The summed E-state index contributed by atoms with van der Waals surface area (Å²) in [6, 6.07) is 4.45. The molecule has 0 aliphatic rings. The number of ether oxygens (including phenoxy) is 1. The number of aliphatic carboxylic acids is 1. The molecule has 0 amide bonds. The zero-order valence-electron chi connectivity index (χ0n) is 8.58. The molecular formula is C11H12BrFO3. The first-order valence-corrected chi connectivity index (χ1v) is 5.68. The fourth-order valence-electron chi connectivity index (χ4n) is 1.15. The van der Waals surface area contributed by atoms with Crippen molar-refractivity contribution in [1.29, 1.82) is 0 Å². The maximum atomic E-state index is 13.2. The molecule has 5 heteroatoms. The number of carboxylic acid groups (broad SMARTS) is 1. The fourth-order valence-corrected chi connectivity index (χ4v) is 1.49. The number of carboxylic acids is 1. The molecule has 1 rings (SSSR count). The van der Waals surface area contributed by atoms with Gasteiger partial charge in [0, 0.05) is 10.9 Å². The molecule has 0 unspecified atom stereocenters. The summed E-state index contributed by atoms with van der Waals surface area (Å²) >= 11 is 3.21. The SMILES string of the molecule is O=C(O)CCCCOc1cc(Br)ccc1F. The quantitative estimate of drug-likeness (QED) is 0.818. The van der Waals surface area contributed by atoms with Crippen LogP contribution in [0.4, 0.5) is 4.39 Å². The van der Waals surface area contributed by atoms with E-state index in [2.05, 4.69) is 15.9 Å². The normalized spacial score (nSPS) is 10.1. The molecule has 0 atom stereocenters. The second kappa shape index (κ2) is 6.48. The van der Waals surface area contributed by atoms with Crippen LogP contribution in [-0.2, 0) is 4.79 Å². The number of unbranched alkanes of at least 4 members (excludes halogenated alkanes) is 1. The van der Waals surface area contributed by atoms with Gasteiger partial charge in [0.15, 0.2) is 11.6 Å². The second-order valence-corrected chi connectivity index (χ2v) is 4.19. The minimum absolute atomic E-state index is 0.115. The minimum atomic E-state index is -0.825. The van der Waals surface area contributed by atoms with Gasteiger partial charge in [0.25, 0.3) is 0 Å². The van der Waals surface area contributed by atoms with Gasteiger partial charge in [-0.2, -0.15) is 0 Å². The van der Waals surface area contributed by atoms with Crippen LogP contribution in [0, 0.1) is 5.82 Å². The van der Waals surface area contributed by atoms with Crippen molar-refractivity contribution in [2.45, 2.75) is 19.3 Å². The first-order chi connectivity index (χ1) is 7.59. The Labute approximate surface area is 101 Å². The first-order valence-electron chi connectivity index (χ1n) is 4.89. The molecule has 0 aliphatic carbocycles. The highest BCUT2D eigenvalue weighted by molar-refractivity contribution is 9.10. The van der Waals surface area contributed by atoms with Crippen molar-refractivity contribution < 1.29 is 19.0 Å². The van der Waals surface area contributed by atoms with Gasteiger partial charge in [0.05, 0.1) is 6.61 Å². The van der Waals surface area contributed by atoms with E-state index in [9.17, 15) is 9.18 Å². The third-order valence-electron chi connectivity index (χ3n) is 1.94. The summed E-state index contributed by atoms with van der Waals surface area (Å²) < 4.78 is 19.1. The van der Waals surface area contributed by atoms with Gasteiger partial charge >= 0.3 is 5.97 Å². The van der Waals surface area contributed by atoms with E-state index in [1.807, 2.05) is 0 Å². The van der Waals surface area contributed by atoms with Crippen molar-refractivity contribution in [2.24, 2.45) is 0 Å². The van der Waals surface area contributed by atoms with Crippen molar-refractivity contribution in [3.63, 3.8) is 0 Å². The zero-order valence-corrected chi connectivity index (χ0v) is 10.2. The van der Waals surface area contributed by atoms with Crippen LogP contribution in [0.15, 0.2) is 22.7 Å². The van der Waals surface area contributed by atoms with Gasteiger partial charge in [0.1, 0.15) is 0 Å². The van der Waals surface area contributed by atoms with E-state index in [0.29, 0.717) is 19.4 Å². The molecule has 0 spiro atoms. The predicted octanol–water partition coefficient (Wildman–Crippen LogP) is 3.22. The van der Waals surface area contributed by atoms with Crippen LogP contribution in [0.1, 0.15) is 19.3 Å². The standard InChI is InChI=1S/C11H12BrFO3/c12-8-4-5-9(13)10(7-8)16-6-2-1-3-11(14)15/h4-5,7H,1-3,6H2,(H,14,15). The van der Waals surface area contributed by atoms with Crippen LogP contribution in [0.2, 0.25) is 0 Å². The Morgan fingerprint density at radius 2 is 2.19 bits per heavy atom. The maximum absolute atomic E-state index is 13.2. The summed E-state index contributed by atoms with van der Waals surface area (Å²) in [7, 11) is 0. The highest BCUT2D eigenvalue weighted by atomic mass is 79.9. The van der Waals surface area contributed by atoms with Gasteiger partial charge in [0.2, 0.25) is 0 Å². The molecule has 0 saturated heterocycles. The van der Waals surface area contributed by atoms with Crippen molar-refractivity contribution >= 4 is 21.9 Å². The third kappa shape index (κ3) is 4.61. The van der Waals surface area contributed by atoms with E-state index in [1.165, 1.54) is 6.07 Å². The lowest BCUT2D eigenvalue weighted by molar-refractivity contribution is -0.137. The van der Waals surface area contributed by atoms with E-state index in [-0.39, 0.29) is 12.2 Å². The monoisotopic (exact) mass is 290 g/mol. The second-order valence-electron chi connectivity index (χ2n) is 3.27. The van der Waals surface area contributed by atoms with E-state index < -0.39 is 11.8 Å². The first kappa shape index (κ1) is 13.0. The van der Waals surface area contributed by atoms with Crippen LogP contribution in [0.3, 0.4) is 0 Å². The lowest BCUT2D eigenvalue weighted by Crippen LogP contribution is -2.01. The number of carbonyl (C=O) groups is 1. The smallest absolute Gasteiger partial charge is 0.303 e. The van der Waals surface area contributed by atoms with E-state index >= 15 is 0 Å². The number of hydrogen-bond acceptors (Lipinski definition) is 2. The van der Waals surface area contributed by atoms with Crippen molar-refractivity contribution in [3.8, 4) is 5.75 Å². The number of rotatable bonds is 6. The molecular weight excluding hydrogens is 279 g/mol. The average molecular weight is 291 g/mol. The molecule has 1 N–H and O–H groups in total. The number of hydrogen-bond donors (Lipinski definition) is 1. The molecule has 0 saturated carbocycles. The van der Waals surface area contributed by atoms with Gasteiger partial charge in [-0.3, -0.25) is 4.79 Å². The Bertz CT molecular complexity index is 368. The minimum Gasteiger partial charge on any atom is -0.490 e. The van der Waals surface area contributed by atoms with E-state index in [0.717, 1.165) is 4.47 Å². The third-order valence-corrected chi connectivity index (χ3v) is 2.43. The van der Waals surface area contributed by atoms with Crippen molar-refractivity contribution in [3.05, 3.63) is 28.5 Å². The summed E-state index contributed by atoms with van der Waals surface area (Å²) in [4.78, 5) is 10.2. The highest BCUT2D eigenvalue weighted by Gasteiger charge is 2.03. The molecule has 16 heavy (non-hydrogen) atoms. The molecule has 0 heterocycles. The molecule has 0 aromatic heterocycles. The van der Waals surface area contributed by atoms with E-state index in [4.69, 9.17) is 9.84 Å². The van der Waals surface area contributed by atoms with Gasteiger partial charge in [-0.05, 0) is 31.0 Å². The summed E-state index contributed by atoms with van der Waals surface area (Å²) in [6.45, 7) is 0.320. The summed E-state index contributed by atoms with van der Waals surface area (Å²) in [5.74, 6) is -1.06. The van der Waals surface area contributed by atoms with Crippen LogP contribution in [0.25, 0.3) is 0 Å². The van der Waals surface area contributed by atoms with Crippen LogP contribution >= 0.6 is 15.9 Å². The molecule has 0 fully saturated rings. The molecule has 1 aromatic rings. The Morgan fingerprint density at radius 3 is 2.88 bits per heavy atom. The summed E-state index contributed by atoms with van der Waals surface area (Å²) in [6.07, 6.45) is 1.24. The van der Waals surface area contributed by atoms with Gasteiger partial charge in [-0.1, -0.05) is 15.9 Å². The van der Waals surface area contributed by atoms with Crippen LogP contribution in [-0.4, -0.2) is 17.7 Å². The molecule has 0 radical (unpaired) electrons. The van der Waals surface area contributed by atoms with Gasteiger partial charge < -0.3 is 9.84 Å². The van der Waals surface area contributed by atoms with Crippen LogP contribution in [0.5, 0.6) is 5.75 Å². The fraction of sp³-hybridized carbons (Fsp3) is 0.364. The lowest BCUT2D eigenvalue weighted by atomic mass is 10.2. The maximum Gasteiger partial charge on any atom is 0.303 e. The summed E-state index contributed by atoms with van der Waals surface area (Å²) in [5, 5.41) is 8.40. The number of benzene rings is 1. The Balaban J connectivity index is 2.31. The van der Waals surface area contributed by atoms with Crippen LogP contribution < -0.4 is 4.74 Å². The lowest BCUT2D eigenvalue weighted by Gasteiger charge is -2.06.